The van der Waals surface area contributed by atoms with Crippen LogP contribution in [0.2, 0.25) is 0 Å². The molecule has 20 heavy (non-hydrogen) atoms. The van der Waals surface area contributed by atoms with Gasteiger partial charge in [0.05, 0.1) is 17.8 Å². The molecule has 5 nitrogen and oxygen atoms in total. The minimum Gasteiger partial charge on any atom is -0.275 e. The van der Waals surface area contributed by atoms with Gasteiger partial charge in [-0.1, -0.05) is 18.2 Å². The Labute approximate surface area is 117 Å². The van der Waals surface area contributed by atoms with Gasteiger partial charge in [-0.05, 0) is 24.6 Å². The third kappa shape index (κ3) is 2.17. The number of nitrogens with one attached hydrogen (secondary N) is 1. The number of nitrogens with two attached hydrogens (primary N) is 1. The molecular weight excluding hydrogens is 250 g/mol. The second-order valence-corrected chi connectivity index (χ2v) is 4.92. The van der Waals surface area contributed by atoms with Gasteiger partial charge in [-0.3, -0.25) is 15.5 Å². The summed E-state index contributed by atoms with van der Waals surface area (Å²) in [4.78, 5) is 4.56. The van der Waals surface area contributed by atoms with E-state index in [1.165, 1.54) is 0 Å². The zero-order valence-corrected chi connectivity index (χ0v) is 11.5. The number of benzene rings is 1. The molecule has 0 aliphatic carbocycles. The van der Waals surface area contributed by atoms with Crippen molar-refractivity contribution in [1.82, 2.24) is 20.2 Å². The normalized spacial score (nSPS) is 12.8. The first-order valence-electron chi connectivity index (χ1n) is 6.50. The van der Waals surface area contributed by atoms with Crippen LogP contribution in [0.15, 0.2) is 42.7 Å². The molecule has 0 spiro atoms. The standard InChI is InChI=1S/C15H17N5/c1-10-7-13(12-5-3-4-6-14(12)18-10)15(19-16)11-8-17-20(2)9-11/h3-9,15,19H,16H2,1-2H3. The number of hydrogen-bond donors (Lipinski definition) is 2. The van der Waals surface area contributed by atoms with E-state index < -0.39 is 0 Å². The Morgan fingerprint density at radius 1 is 1.30 bits per heavy atom. The molecule has 0 fully saturated rings. The molecule has 1 aromatic carbocycles. The van der Waals surface area contributed by atoms with Crippen molar-refractivity contribution in [1.29, 1.82) is 0 Å². The molecule has 0 radical (unpaired) electrons. The summed E-state index contributed by atoms with van der Waals surface area (Å²) in [6.07, 6.45) is 3.80. The Bertz CT molecular complexity index is 747. The molecule has 0 aliphatic rings. The second kappa shape index (κ2) is 5.03. The predicted molar refractivity (Wildman–Crippen MR) is 78.9 cm³/mol. The van der Waals surface area contributed by atoms with Crippen LogP contribution in [0.4, 0.5) is 0 Å². The number of pyridine rings is 1. The largest absolute Gasteiger partial charge is 0.275 e. The van der Waals surface area contributed by atoms with Crippen LogP contribution in [-0.2, 0) is 7.05 Å². The summed E-state index contributed by atoms with van der Waals surface area (Å²) in [6, 6.07) is 10.1. The highest BCUT2D eigenvalue weighted by atomic mass is 15.3. The zero-order chi connectivity index (χ0) is 14.1. The molecule has 3 N–H and O–H groups in total. The van der Waals surface area contributed by atoms with Crippen LogP contribution < -0.4 is 11.3 Å². The van der Waals surface area contributed by atoms with E-state index in [0.29, 0.717) is 0 Å². The van der Waals surface area contributed by atoms with Crippen molar-refractivity contribution >= 4 is 10.9 Å². The van der Waals surface area contributed by atoms with Crippen LogP contribution in [0.1, 0.15) is 22.9 Å². The summed E-state index contributed by atoms with van der Waals surface area (Å²) >= 11 is 0. The molecule has 0 saturated heterocycles. The predicted octanol–water partition coefficient (Wildman–Crippen LogP) is 1.83. The highest BCUT2D eigenvalue weighted by molar-refractivity contribution is 5.83. The SMILES string of the molecule is Cc1cc(C(NN)c2cnn(C)c2)c2ccccc2n1. The van der Waals surface area contributed by atoms with Gasteiger partial charge >= 0.3 is 0 Å². The summed E-state index contributed by atoms with van der Waals surface area (Å²) in [5, 5.41) is 5.32. The Morgan fingerprint density at radius 2 is 2.10 bits per heavy atom. The molecule has 5 heteroatoms. The lowest BCUT2D eigenvalue weighted by Gasteiger charge is -2.17. The third-order valence-corrected chi connectivity index (χ3v) is 3.41. The Balaban J connectivity index is 2.21. The van der Waals surface area contributed by atoms with Crippen molar-refractivity contribution in [3.05, 3.63) is 59.5 Å². The molecule has 0 amide bonds. The molecule has 3 aromatic rings. The van der Waals surface area contributed by atoms with Gasteiger partial charge in [0.25, 0.3) is 0 Å². The number of hydrogen-bond acceptors (Lipinski definition) is 4. The van der Waals surface area contributed by atoms with Gasteiger partial charge in [0, 0.05) is 29.9 Å². The van der Waals surface area contributed by atoms with Gasteiger partial charge in [0.1, 0.15) is 0 Å². The van der Waals surface area contributed by atoms with E-state index in [1.807, 2.05) is 44.6 Å². The molecule has 3 rings (SSSR count). The van der Waals surface area contributed by atoms with E-state index in [2.05, 4.69) is 27.6 Å². The first kappa shape index (κ1) is 12.8. The van der Waals surface area contributed by atoms with Crippen LogP contribution in [0.5, 0.6) is 0 Å². The van der Waals surface area contributed by atoms with Gasteiger partial charge in [0.2, 0.25) is 0 Å². The van der Waals surface area contributed by atoms with E-state index in [-0.39, 0.29) is 6.04 Å². The van der Waals surface area contributed by atoms with Crippen molar-refractivity contribution in [2.75, 3.05) is 0 Å². The number of rotatable bonds is 3. The highest BCUT2D eigenvalue weighted by Crippen LogP contribution is 2.28. The van der Waals surface area contributed by atoms with Crippen molar-refractivity contribution in [3.8, 4) is 0 Å². The van der Waals surface area contributed by atoms with Crippen LogP contribution in [-0.4, -0.2) is 14.8 Å². The minimum absolute atomic E-state index is 0.102. The van der Waals surface area contributed by atoms with E-state index in [0.717, 1.165) is 27.7 Å². The van der Waals surface area contributed by atoms with Crippen LogP contribution >= 0.6 is 0 Å². The van der Waals surface area contributed by atoms with Gasteiger partial charge in [-0.2, -0.15) is 5.10 Å². The topological polar surface area (TPSA) is 68.8 Å². The monoisotopic (exact) mass is 267 g/mol. The fraction of sp³-hybridized carbons (Fsp3) is 0.200. The van der Waals surface area contributed by atoms with Crippen molar-refractivity contribution < 1.29 is 0 Å². The van der Waals surface area contributed by atoms with E-state index >= 15 is 0 Å². The average Bonchev–Trinajstić information content (AvgIpc) is 2.86. The summed E-state index contributed by atoms with van der Waals surface area (Å²) < 4.78 is 1.77. The van der Waals surface area contributed by atoms with Gasteiger partial charge in [-0.25, -0.2) is 5.43 Å². The maximum absolute atomic E-state index is 5.78. The third-order valence-electron chi connectivity index (χ3n) is 3.41. The zero-order valence-electron chi connectivity index (χ0n) is 11.5. The lowest BCUT2D eigenvalue weighted by molar-refractivity contribution is 0.639. The fourth-order valence-electron chi connectivity index (χ4n) is 2.53. The van der Waals surface area contributed by atoms with Gasteiger partial charge < -0.3 is 0 Å². The summed E-state index contributed by atoms with van der Waals surface area (Å²) in [5.41, 5.74) is 6.99. The Kier molecular flexibility index (Phi) is 3.22. The fourth-order valence-corrected chi connectivity index (χ4v) is 2.53. The lowest BCUT2D eigenvalue weighted by Crippen LogP contribution is -2.29. The summed E-state index contributed by atoms with van der Waals surface area (Å²) in [5.74, 6) is 5.78. The molecule has 0 aliphatic heterocycles. The first-order chi connectivity index (χ1) is 9.69. The molecule has 2 heterocycles. The van der Waals surface area contributed by atoms with Crippen molar-refractivity contribution in [3.63, 3.8) is 0 Å². The summed E-state index contributed by atoms with van der Waals surface area (Å²) in [7, 11) is 1.90. The highest BCUT2D eigenvalue weighted by Gasteiger charge is 2.17. The number of para-hydroxylation sites is 1. The Morgan fingerprint density at radius 3 is 2.80 bits per heavy atom. The quantitative estimate of drug-likeness (QED) is 0.561. The lowest BCUT2D eigenvalue weighted by atomic mass is 9.97. The van der Waals surface area contributed by atoms with Gasteiger partial charge in [0.15, 0.2) is 0 Å². The van der Waals surface area contributed by atoms with E-state index in [9.17, 15) is 0 Å². The number of aromatic nitrogens is 3. The molecule has 1 atom stereocenters. The van der Waals surface area contributed by atoms with Crippen LogP contribution in [0.25, 0.3) is 10.9 Å². The molecule has 2 aromatic heterocycles. The maximum Gasteiger partial charge on any atom is 0.0747 e. The molecule has 0 saturated carbocycles. The molecule has 102 valence electrons. The van der Waals surface area contributed by atoms with Crippen molar-refractivity contribution in [2.24, 2.45) is 12.9 Å². The van der Waals surface area contributed by atoms with Crippen LogP contribution in [0.3, 0.4) is 0 Å². The van der Waals surface area contributed by atoms with E-state index in [1.54, 1.807) is 4.68 Å². The number of nitrogens with zero attached hydrogens (tertiary/aromatic N) is 3. The smallest absolute Gasteiger partial charge is 0.0747 e. The number of hydrazine groups is 1. The van der Waals surface area contributed by atoms with Crippen molar-refractivity contribution in [2.45, 2.75) is 13.0 Å². The minimum atomic E-state index is -0.102. The van der Waals surface area contributed by atoms with Crippen LogP contribution in [0, 0.1) is 6.92 Å². The van der Waals surface area contributed by atoms with E-state index in [4.69, 9.17) is 5.84 Å². The molecular formula is C15H17N5. The Hall–Kier alpha value is -2.24. The maximum atomic E-state index is 5.78. The number of fused-ring (bicyclic) bond motifs is 1. The second-order valence-electron chi connectivity index (χ2n) is 4.92. The van der Waals surface area contributed by atoms with Gasteiger partial charge in [-0.15, -0.1) is 0 Å². The summed E-state index contributed by atoms with van der Waals surface area (Å²) in [6.45, 7) is 1.99. The molecule has 0 bridgehead atoms. The number of aryl methyl sites for hydroxylation is 2. The average molecular weight is 267 g/mol. The molecule has 1 unspecified atom stereocenters. The first-order valence-corrected chi connectivity index (χ1v) is 6.50.